The molecule has 1 aliphatic heterocycles. The molecule has 0 atom stereocenters. The molecule has 1 saturated heterocycles. The zero-order valence-corrected chi connectivity index (χ0v) is 7.25. The summed E-state index contributed by atoms with van der Waals surface area (Å²) in [4.78, 5) is 4.08. The van der Waals surface area contributed by atoms with Crippen LogP contribution in [0, 0.1) is 11.5 Å². The van der Waals surface area contributed by atoms with Crippen LogP contribution in [0.2, 0.25) is 0 Å². The van der Waals surface area contributed by atoms with E-state index in [4.69, 9.17) is 5.26 Å². The molecule has 0 radical (unpaired) electrons. The van der Waals surface area contributed by atoms with Gasteiger partial charge >= 0.3 is 0 Å². The van der Waals surface area contributed by atoms with E-state index in [9.17, 15) is 0 Å². The maximum absolute atomic E-state index is 8.62. The van der Waals surface area contributed by atoms with Gasteiger partial charge in [0.05, 0.1) is 0 Å². The summed E-state index contributed by atoms with van der Waals surface area (Å²) in [6.07, 6.45) is 4.42. The minimum absolute atomic E-state index is 0.483. The average Bonchev–Trinajstić information content (AvgIpc) is 2.05. The predicted octanol–water partition coefficient (Wildman–Crippen LogP) is 0.493. The van der Waals surface area contributed by atoms with Crippen LogP contribution in [0.4, 0.5) is 0 Å². The summed E-state index contributed by atoms with van der Waals surface area (Å²) >= 11 is 0. The fourth-order valence-electron chi connectivity index (χ4n) is 1.46. The first-order valence-electron chi connectivity index (χ1n) is 4.05. The van der Waals surface area contributed by atoms with Crippen LogP contribution in [0.25, 0.3) is 0 Å². The number of nitriles is 1. The second kappa shape index (κ2) is 3.59. The summed E-state index contributed by atoms with van der Waals surface area (Å²) in [5.74, 6) is 0. The lowest BCUT2D eigenvalue weighted by Crippen LogP contribution is -2.39. The van der Waals surface area contributed by atoms with Crippen LogP contribution >= 0.6 is 0 Å². The van der Waals surface area contributed by atoms with Crippen molar-refractivity contribution in [1.29, 1.82) is 5.26 Å². The second-order valence-electron chi connectivity index (χ2n) is 3.25. The van der Waals surface area contributed by atoms with Crippen molar-refractivity contribution >= 4 is 0 Å². The third-order valence-electron chi connectivity index (χ3n) is 2.39. The number of piperidine rings is 1. The molecule has 0 spiro atoms. The van der Waals surface area contributed by atoms with Gasteiger partial charge in [-0.2, -0.15) is 5.26 Å². The van der Waals surface area contributed by atoms with Crippen LogP contribution in [0.3, 0.4) is 0 Å². The largest absolute Gasteiger partial charge is 0.311 e. The van der Waals surface area contributed by atoms with Crippen molar-refractivity contribution in [3.8, 4) is 6.19 Å². The Balaban J connectivity index is 2.34. The van der Waals surface area contributed by atoms with Crippen molar-refractivity contribution in [3.05, 3.63) is 0 Å². The Kier molecular flexibility index (Phi) is 2.72. The summed E-state index contributed by atoms with van der Waals surface area (Å²) in [6, 6.07) is 0.483. The Bertz CT molecular complexity index is 153. The number of nitrogens with zero attached hydrogens (tertiary/aromatic N) is 3. The fraction of sp³-hybridized carbons (Fsp3) is 0.875. The fourth-order valence-corrected chi connectivity index (χ4v) is 1.46. The first-order chi connectivity index (χ1) is 5.24. The van der Waals surface area contributed by atoms with Gasteiger partial charge in [0.15, 0.2) is 6.19 Å². The lowest BCUT2D eigenvalue weighted by Gasteiger charge is -2.32. The van der Waals surface area contributed by atoms with Crippen molar-refractivity contribution in [3.63, 3.8) is 0 Å². The molecule has 1 heterocycles. The van der Waals surface area contributed by atoms with Gasteiger partial charge in [-0.1, -0.05) is 0 Å². The summed E-state index contributed by atoms with van der Waals surface area (Å²) in [7, 11) is 4.00. The van der Waals surface area contributed by atoms with Gasteiger partial charge < -0.3 is 9.80 Å². The molecule has 0 aliphatic carbocycles. The van der Waals surface area contributed by atoms with Gasteiger partial charge in [0.2, 0.25) is 0 Å². The van der Waals surface area contributed by atoms with E-state index < -0.39 is 0 Å². The minimum atomic E-state index is 0.483. The van der Waals surface area contributed by atoms with Crippen molar-refractivity contribution in [1.82, 2.24) is 9.80 Å². The SMILES string of the molecule is CN1CCC(N(C)C#N)CC1. The van der Waals surface area contributed by atoms with Gasteiger partial charge in [0, 0.05) is 13.1 Å². The number of likely N-dealkylation sites (tertiary alicyclic amines) is 1. The van der Waals surface area contributed by atoms with Crippen molar-refractivity contribution in [2.75, 3.05) is 27.2 Å². The molecule has 1 rings (SSSR count). The topological polar surface area (TPSA) is 30.3 Å². The summed E-state index contributed by atoms with van der Waals surface area (Å²) in [5.41, 5.74) is 0. The van der Waals surface area contributed by atoms with Gasteiger partial charge in [0.1, 0.15) is 0 Å². The van der Waals surface area contributed by atoms with Gasteiger partial charge in [-0.05, 0) is 33.0 Å². The molecule has 1 fully saturated rings. The van der Waals surface area contributed by atoms with Crippen LogP contribution < -0.4 is 0 Å². The first kappa shape index (κ1) is 8.35. The zero-order valence-electron chi connectivity index (χ0n) is 7.25. The molecule has 3 heteroatoms. The molecule has 0 aromatic carbocycles. The molecular weight excluding hydrogens is 138 g/mol. The highest BCUT2D eigenvalue weighted by Crippen LogP contribution is 2.12. The van der Waals surface area contributed by atoms with E-state index in [0.29, 0.717) is 6.04 Å². The van der Waals surface area contributed by atoms with Crippen molar-refractivity contribution < 1.29 is 0 Å². The number of rotatable bonds is 1. The second-order valence-corrected chi connectivity index (χ2v) is 3.25. The predicted molar refractivity (Wildman–Crippen MR) is 43.9 cm³/mol. The van der Waals surface area contributed by atoms with Gasteiger partial charge in [-0.25, -0.2) is 0 Å². The highest BCUT2D eigenvalue weighted by atomic mass is 15.2. The molecule has 0 saturated carbocycles. The van der Waals surface area contributed by atoms with E-state index in [0.717, 1.165) is 25.9 Å². The summed E-state index contributed by atoms with van der Waals surface area (Å²) in [5, 5.41) is 8.62. The molecule has 11 heavy (non-hydrogen) atoms. The molecule has 0 N–H and O–H groups in total. The van der Waals surface area contributed by atoms with E-state index >= 15 is 0 Å². The van der Waals surface area contributed by atoms with E-state index in [1.54, 1.807) is 4.90 Å². The summed E-state index contributed by atoms with van der Waals surface area (Å²) in [6.45, 7) is 2.24. The normalized spacial score (nSPS) is 21.2. The van der Waals surface area contributed by atoms with Crippen molar-refractivity contribution in [2.45, 2.75) is 18.9 Å². The van der Waals surface area contributed by atoms with E-state index in [-0.39, 0.29) is 0 Å². The van der Waals surface area contributed by atoms with Crippen LogP contribution in [0.15, 0.2) is 0 Å². The minimum Gasteiger partial charge on any atom is -0.311 e. The Labute approximate surface area is 68.2 Å². The van der Waals surface area contributed by atoms with Crippen LogP contribution in [-0.2, 0) is 0 Å². The molecule has 3 nitrogen and oxygen atoms in total. The Morgan fingerprint density at radius 1 is 1.45 bits per heavy atom. The van der Waals surface area contributed by atoms with Gasteiger partial charge in [-0.3, -0.25) is 0 Å². The smallest absolute Gasteiger partial charge is 0.179 e. The molecule has 0 aromatic heterocycles. The zero-order chi connectivity index (χ0) is 8.27. The Morgan fingerprint density at radius 3 is 2.45 bits per heavy atom. The third-order valence-corrected chi connectivity index (χ3v) is 2.39. The standard InChI is InChI=1S/C8H15N3/c1-10-5-3-8(4-6-10)11(2)7-9/h8H,3-6H2,1-2H3. The molecule has 0 aromatic rings. The number of hydrogen-bond acceptors (Lipinski definition) is 3. The summed E-state index contributed by atoms with van der Waals surface area (Å²) < 4.78 is 0. The van der Waals surface area contributed by atoms with Gasteiger partial charge in [-0.15, -0.1) is 0 Å². The highest BCUT2D eigenvalue weighted by molar-refractivity contribution is 4.83. The molecule has 62 valence electrons. The molecule has 0 amide bonds. The van der Waals surface area contributed by atoms with E-state index in [1.807, 2.05) is 7.05 Å². The van der Waals surface area contributed by atoms with E-state index in [2.05, 4.69) is 18.1 Å². The van der Waals surface area contributed by atoms with Gasteiger partial charge in [0.25, 0.3) is 0 Å². The molecular formula is C8H15N3. The first-order valence-corrected chi connectivity index (χ1v) is 4.05. The Morgan fingerprint density at radius 2 is 2.00 bits per heavy atom. The van der Waals surface area contributed by atoms with Crippen LogP contribution in [0.5, 0.6) is 0 Å². The maximum Gasteiger partial charge on any atom is 0.179 e. The lowest BCUT2D eigenvalue weighted by molar-refractivity contribution is 0.185. The molecule has 0 unspecified atom stereocenters. The monoisotopic (exact) mass is 153 g/mol. The Hall–Kier alpha value is -0.750. The molecule has 1 aliphatic rings. The highest BCUT2D eigenvalue weighted by Gasteiger charge is 2.19. The van der Waals surface area contributed by atoms with Crippen LogP contribution in [-0.4, -0.2) is 43.0 Å². The number of hydrogen-bond donors (Lipinski definition) is 0. The maximum atomic E-state index is 8.62. The average molecular weight is 153 g/mol. The quantitative estimate of drug-likeness (QED) is 0.406. The van der Waals surface area contributed by atoms with Crippen LogP contribution in [0.1, 0.15) is 12.8 Å². The third kappa shape index (κ3) is 2.09. The molecule has 0 bridgehead atoms. The van der Waals surface area contributed by atoms with Crippen molar-refractivity contribution in [2.24, 2.45) is 0 Å². The lowest BCUT2D eigenvalue weighted by atomic mass is 10.1. The van der Waals surface area contributed by atoms with E-state index in [1.165, 1.54) is 0 Å².